The Kier molecular flexibility index (Phi) is 6.27. The van der Waals surface area contributed by atoms with Crippen LogP contribution >= 0.6 is 0 Å². The van der Waals surface area contributed by atoms with Gasteiger partial charge in [0.15, 0.2) is 0 Å². The van der Waals surface area contributed by atoms with Gasteiger partial charge in [-0.05, 0) is 37.1 Å². The molecule has 5 nitrogen and oxygen atoms in total. The molecule has 5 heteroatoms. The van der Waals surface area contributed by atoms with Gasteiger partial charge in [0, 0.05) is 30.0 Å². The minimum atomic E-state index is -0.283. The van der Waals surface area contributed by atoms with E-state index in [1.54, 1.807) is 0 Å². The summed E-state index contributed by atoms with van der Waals surface area (Å²) in [6.07, 6.45) is 3.51. The van der Waals surface area contributed by atoms with Crippen LogP contribution in [0.4, 0.5) is 5.69 Å². The van der Waals surface area contributed by atoms with Gasteiger partial charge in [0.25, 0.3) is 0 Å². The molecule has 0 unspecified atom stereocenters. The van der Waals surface area contributed by atoms with E-state index in [1.165, 1.54) is 7.11 Å². The van der Waals surface area contributed by atoms with Crippen LogP contribution in [0.3, 0.4) is 0 Å². The van der Waals surface area contributed by atoms with Crippen molar-refractivity contribution in [3.63, 3.8) is 0 Å². The molecule has 0 aliphatic carbocycles. The molecule has 0 spiro atoms. The Hall–Kier alpha value is -2.01. The molecule has 0 saturated carbocycles. The van der Waals surface area contributed by atoms with Gasteiger partial charge >= 0.3 is 5.97 Å². The lowest BCUT2D eigenvalue weighted by atomic mass is 10.1. The van der Waals surface area contributed by atoms with E-state index in [4.69, 9.17) is 14.2 Å². The van der Waals surface area contributed by atoms with Crippen molar-refractivity contribution in [3.05, 3.63) is 29.3 Å². The van der Waals surface area contributed by atoms with Gasteiger partial charge in [-0.2, -0.15) is 0 Å². The SMILES string of the molecule is CCCOCCOc1ccc2c(c1)C=C(C(=O)OC)CCN2. The fourth-order valence-electron chi connectivity index (χ4n) is 2.26. The lowest BCUT2D eigenvalue weighted by molar-refractivity contribution is -0.136. The average molecular weight is 305 g/mol. The topological polar surface area (TPSA) is 56.8 Å². The number of carbonyl (C=O) groups is 1. The van der Waals surface area contributed by atoms with E-state index in [-0.39, 0.29) is 5.97 Å². The molecule has 0 radical (unpaired) electrons. The predicted octanol–water partition coefficient (Wildman–Crippen LogP) is 2.86. The van der Waals surface area contributed by atoms with Gasteiger partial charge in [-0.1, -0.05) is 6.92 Å². The number of methoxy groups -OCH3 is 1. The van der Waals surface area contributed by atoms with Crippen LogP contribution in [0.15, 0.2) is 23.8 Å². The van der Waals surface area contributed by atoms with E-state index < -0.39 is 0 Å². The van der Waals surface area contributed by atoms with Crippen LogP contribution in [0, 0.1) is 0 Å². The Morgan fingerprint density at radius 3 is 2.91 bits per heavy atom. The van der Waals surface area contributed by atoms with Gasteiger partial charge in [-0.3, -0.25) is 0 Å². The summed E-state index contributed by atoms with van der Waals surface area (Å²) >= 11 is 0. The Morgan fingerprint density at radius 2 is 2.14 bits per heavy atom. The smallest absolute Gasteiger partial charge is 0.333 e. The highest BCUT2D eigenvalue weighted by Gasteiger charge is 2.15. The number of esters is 1. The molecule has 0 atom stereocenters. The van der Waals surface area contributed by atoms with Gasteiger partial charge < -0.3 is 19.5 Å². The minimum absolute atomic E-state index is 0.283. The number of hydrogen-bond donors (Lipinski definition) is 1. The maximum atomic E-state index is 11.7. The molecule has 0 bridgehead atoms. The molecule has 0 aromatic heterocycles. The van der Waals surface area contributed by atoms with Gasteiger partial charge in [0.05, 0.1) is 13.7 Å². The molecule has 2 rings (SSSR count). The third-order valence-electron chi connectivity index (χ3n) is 3.35. The molecule has 0 fully saturated rings. The molecule has 0 saturated heterocycles. The van der Waals surface area contributed by atoms with Crippen LogP contribution in [0.5, 0.6) is 5.75 Å². The van der Waals surface area contributed by atoms with E-state index in [0.29, 0.717) is 31.8 Å². The zero-order valence-corrected chi connectivity index (χ0v) is 13.2. The number of carbonyl (C=O) groups excluding carboxylic acids is 1. The maximum absolute atomic E-state index is 11.7. The highest BCUT2D eigenvalue weighted by Crippen LogP contribution is 2.27. The average Bonchev–Trinajstić information content (AvgIpc) is 2.75. The molecule has 1 aliphatic heterocycles. The van der Waals surface area contributed by atoms with Gasteiger partial charge in [0.1, 0.15) is 12.4 Å². The predicted molar refractivity (Wildman–Crippen MR) is 86.1 cm³/mol. The highest BCUT2D eigenvalue weighted by molar-refractivity contribution is 5.95. The fourth-order valence-corrected chi connectivity index (χ4v) is 2.26. The van der Waals surface area contributed by atoms with Crippen LogP contribution < -0.4 is 10.1 Å². The zero-order valence-electron chi connectivity index (χ0n) is 13.2. The first kappa shape index (κ1) is 16.4. The largest absolute Gasteiger partial charge is 0.491 e. The summed E-state index contributed by atoms with van der Waals surface area (Å²) in [5.74, 6) is 0.483. The van der Waals surface area contributed by atoms with Crippen LogP contribution in [0.2, 0.25) is 0 Å². The Labute approximate surface area is 131 Å². The van der Waals surface area contributed by atoms with E-state index in [1.807, 2.05) is 24.3 Å². The maximum Gasteiger partial charge on any atom is 0.333 e. The third kappa shape index (κ3) is 4.49. The first-order valence-electron chi connectivity index (χ1n) is 7.62. The first-order chi connectivity index (χ1) is 10.7. The summed E-state index contributed by atoms with van der Waals surface area (Å²) in [5, 5.41) is 3.31. The second kappa shape index (κ2) is 8.44. The van der Waals surface area contributed by atoms with Gasteiger partial charge in [0.2, 0.25) is 0 Å². The number of ether oxygens (including phenoxy) is 3. The summed E-state index contributed by atoms with van der Waals surface area (Å²) in [6.45, 7) is 4.62. The van der Waals surface area contributed by atoms with Crippen LogP contribution in [-0.4, -0.2) is 39.4 Å². The van der Waals surface area contributed by atoms with E-state index in [9.17, 15) is 4.79 Å². The van der Waals surface area contributed by atoms with Crippen molar-refractivity contribution in [2.75, 3.05) is 38.8 Å². The summed E-state index contributed by atoms with van der Waals surface area (Å²) in [4.78, 5) is 11.7. The molecular formula is C17H23NO4. The molecule has 1 aliphatic rings. The van der Waals surface area contributed by atoms with Crippen LogP contribution in [0.25, 0.3) is 6.08 Å². The summed E-state index contributed by atoms with van der Waals surface area (Å²) in [6, 6.07) is 5.81. The molecule has 120 valence electrons. The Bertz CT molecular complexity index is 539. The minimum Gasteiger partial charge on any atom is -0.491 e. The first-order valence-corrected chi connectivity index (χ1v) is 7.62. The summed E-state index contributed by atoms with van der Waals surface area (Å²) in [7, 11) is 1.40. The monoisotopic (exact) mass is 305 g/mol. The lowest BCUT2D eigenvalue weighted by Crippen LogP contribution is -2.08. The lowest BCUT2D eigenvalue weighted by Gasteiger charge is -2.10. The molecule has 1 aromatic rings. The zero-order chi connectivity index (χ0) is 15.8. The number of fused-ring (bicyclic) bond motifs is 1. The van der Waals surface area contributed by atoms with Crippen molar-refractivity contribution < 1.29 is 19.0 Å². The van der Waals surface area contributed by atoms with Crippen molar-refractivity contribution in [1.29, 1.82) is 0 Å². The van der Waals surface area contributed by atoms with Crippen LogP contribution in [0.1, 0.15) is 25.3 Å². The number of benzene rings is 1. The second-order valence-corrected chi connectivity index (χ2v) is 5.05. The molecule has 0 amide bonds. The van der Waals surface area contributed by atoms with Crippen molar-refractivity contribution >= 4 is 17.7 Å². The number of rotatable bonds is 7. The standard InChI is InChI=1S/C17H23NO4/c1-3-8-21-9-10-22-15-4-5-16-14(12-15)11-13(6-7-18-16)17(19)20-2/h4-5,11-12,18H,3,6-10H2,1-2H3. The van der Waals surface area contributed by atoms with E-state index >= 15 is 0 Å². The Balaban J connectivity index is 2.04. The highest BCUT2D eigenvalue weighted by atomic mass is 16.5. The Morgan fingerprint density at radius 1 is 1.27 bits per heavy atom. The molecule has 1 heterocycles. The number of nitrogens with one attached hydrogen (secondary N) is 1. The molecule has 1 N–H and O–H groups in total. The van der Waals surface area contributed by atoms with Crippen molar-refractivity contribution in [3.8, 4) is 5.75 Å². The molecule has 22 heavy (non-hydrogen) atoms. The van der Waals surface area contributed by atoms with Gasteiger partial charge in [-0.25, -0.2) is 4.79 Å². The number of anilines is 1. The second-order valence-electron chi connectivity index (χ2n) is 5.05. The summed E-state index contributed by atoms with van der Waals surface area (Å²) in [5.41, 5.74) is 2.59. The van der Waals surface area contributed by atoms with Crippen LogP contribution in [-0.2, 0) is 14.3 Å². The van der Waals surface area contributed by atoms with Crippen molar-refractivity contribution in [2.24, 2.45) is 0 Å². The quantitative estimate of drug-likeness (QED) is 0.620. The van der Waals surface area contributed by atoms with E-state index in [0.717, 1.165) is 30.0 Å². The normalized spacial score (nSPS) is 13.5. The number of hydrogen-bond acceptors (Lipinski definition) is 5. The fraction of sp³-hybridized carbons (Fsp3) is 0.471. The van der Waals surface area contributed by atoms with E-state index in [2.05, 4.69) is 12.2 Å². The third-order valence-corrected chi connectivity index (χ3v) is 3.35. The molecule has 1 aromatic carbocycles. The van der Waals surface area contributed by atoms with Crippen molar-refractivity contribution in [1.82, 2.24) is 0 Å². The van der Waals surface area contributed by atoms with Gasteiger partial charge in [-0.15, -0.1) is 0 Å². The molecular weight excluding hydrogens is 282 g/mol. The summed E-state index contributed by atoms with van der Waals surface area (Å²) < 4.78 is 15.9. The van der Waals surface area contributed by atoms with Crippen molar-refractivity contribution in [2.45, 2.75) is 19.8 Å².